The molecule has 0 radical (unpaired) electrons. The van der Waals surface area contributed by atoms with Gasteiger partial charge in [-0.2, -0.15) is 0 Å². The topological polar surface area (TPSA) is 29.9 Å². The highest BCUT2D eigenvalue weighted by Gasteiger charge is 2.10. The first-order chi connectivity index (χ1) is 8.49. The highest BCUT2D eigenvalue weighted by Crippen LogP contribution is 2.25. The summed E-state index contributed by atoms with van der Waals surface area (Å²) in [5.41, 5.74) is 0.821. The van der Waals surface area contributed by atoms with E-state index in [1.54, 1.807) is 17.7 Å². The van der Waals surface area contributed by atoms with Crippen molar-refractivity contribution in [1.29, 1.82) is 0 Å². The molecule has 3 nitrogen and oxygen atoms in total. The minimum atomic E-state index is -0.506. The molecule has 2 rings (SSSR count). The Balaban J connectivity index is 2.14. The number of anilines is 1. The molecule has 0 fully saturated rings. The van der Waals surface area contributed by atoms with Crippen LogP contribution in [0.2, 0.25) is 15.2 Å². The van der Waals surface area contributed by atoms with Crippen molar-refractivity contribution in [1.82, 2.24) is 9.55 Å². The van der Waals surface area contributed by atoms with Crippen molar-refractivity contribution in [3.63, 3.8) is 0 Å². The van der Waals surface area contributed by atoms with Crippen LogP contribution in [0.5, 0.6) is 0 Å². The molecule has 18 heavy (non-hydrogen) atoms. The highest BCUT2D eigenvalue weighted by atomic mass is 35.5. The number of nitrogens with zero attached hydrogens (tertiary/aromatic N) is 2. The Labute approximate surface area is 118 Å². The van der Waals surface area contributed by atoms with E-state index in [0.717, 1.165) is 5.69 Å². The van der Waals surface area contributed by atoms with Crippen molar-refractivity contribution in [2.75, 3.05) is 5.32 Å². The number of aromatic nitrogens is 2. The highest BCUT2D eigenvalue weighted by molar-refractivity contribution is 6.41. The number of halogens is 4. The molecule has 0 spiro atoms. The number of hydrogen-bond acceptors (Lipinski definition) is 2. The lowest BCUT2D eigenvalue weighted by Crippen LogP contribution is -2.07. The zero-order valence-electron chi connectivity index (χ0n) is 9.35. The van der Waals surface area contributed by atoms with E-state index in [0.29, 0.717) is 16.7 Å². The van der Waals surface area contributed by atoms with Crippen LogP contribution in [0.3, 0.4) is 0 Å². The maximum atomic E-state index is 13.5. The van der Waals surface area contributed by atoms with Crippen LogP contribution in [0.1, 0.15) is 5.69 Å². The van der Waals surface area contributed by atoms with Gasteiger partial charge in [0.2, 0.25) is 0 Å². The van der Waals surface area contributed by atoms with Crippen LogP contribution in [0.25, 0.3) is 0 Å². The fraction of sp³-hybridized carbons (Fsp3) is 0.182. The second kappa shape index (κ2) is 5.34. The molecule has 2 aromatic heterocycles. The normalized spacial score (nSPS) is 10.7. The Hall–Kier alpha value is -0.970. The molecule has 2 aromatic rings. The summed E-state index contributed by atoms with van der Waals surface area (Å²) in [6.45, 7) is 0.356. The third kappa shape index (κ3) is 2.71. The molecular formula is C11H9Cl3FN3. The largest absolute Gasteiger partial charge is 0.362 e. The first-order valence-electron chi connectivity index (χ1n) is 5.03. The molecular weight excluding hydrogens is 299 g/mol. The van der Waals surface area contributed by atoms with Gasteiger partial charge in [-0.3, -0.25) is 0 Å². The number of hydrogen-bond donors (Lipinski definition) is 1. The van der Waals surface area contributed by atoms with Gasteiger partial charge in [-0.05, 0) is 12.1 Å². The van der Waals surface area contributed by atoms with Crippen LogP contribution in [0.4, 0.5) is 10.2 Å². The smallest absolute Gasteiger partial charge is 0.166 e. The molecule has 0 bridgehead atoms. The molecule has 0 aromatic carbocycles. The van der Waals surface area contributed by atoms with E-state index in [1.807, 2.05) is 0 Å². The second-order valence-corrected chi connectivity index (χ2v) is 4.87. The second-order valence-electron chi connectivity index (χ2n) is 3.67. The monoisotopic (exact) mass is 307 g/mol. The van der Waals surface area contributed by atoms with E-state index in [2.05, 4.69) is 10.3 Å². The van der Waals surface area contributed by atoms with Gasteiger partial charge in [0, 0.05) is 18.9 Å². The van der Waals surface area contributed by atoms with E-state index in [9.17, 15) is 4.39 Å². The van der Waals surface area contributed by atoms with Gasteiger partial charge in [0.05, 0.1) is 16.6 Å². The van der Waals surface area contributed by atoms with Gasteiger partial charge in [-0.25, -0.2) is 9.37 Å². The molecule has 0 amide bonds. The summed E-state index contributed by atoms with van der Waals surface area (Å²) in [4.78, 5) is 3.86. The Kier molecular flexibility index (Phi) is 4.00. The minimum absolute atomic E-state index is 0.132. The Morgan fingerprint density at radius 2 is 2.06 bits per heavy atom. The summed E-state index contributed by atoms with van der Waals surface area (Å²) in [5, 5.41) is 4.01. The molecule has 0 aliphatic heterocycles. The summed E-state index contributed by atoms with van der Waals surface area (Å²) >= 11 is 17.4. The predicted molar refractivity (Wildman–Crippen MR) is 72.0 cm³/mol. The third-order valence-corrected chi connectivity index (χ3v) is 3.51. The fourth-order valence-electron chi connectivity index (χ4n) is 1.48. The number of rotatable bonds is 3. The number of pyridine rings is 1. The SMILES string of the molecule is Cn1c(CNc2ncc(Cl)cc2F)cc(Cl)c1Cl. The van der Waals surface area contributed by atoms with Crippen LogP contribution in [0.15, 0.2) is 18.3 Å². The van der Waals surface area contributed by atoms with E-state index >= 15 is 0 Å². The molecule has 0 atom stereocenters. The maximum Gasteiger partial charge on any atom is 0.166 e. The molecule has 0 aliphatic carbocycles. The van der Waals surface area contributed by atoms with Crippen LogP contribution in [0, 0.1) is 5.82 Å². The van der Waals surface area contributed by atoms with Gasteiger partial charge >= 0.3 is 0 Å². The molecule has 96 valence electrons. The van der Waals surface area contributed by atoms with Crippen molar-refractivity contribution < 1.29 is 4.39 Å². The molecule has 0 unspecified atom stereocenters. The fourth-order valence-corrected chi connectivity index (χ4v) is 2.04. The average Bonchev–Trinajstić information content (AvgIpc) is 2.56. The zero-order chi connectivity index (χ0) is 13.3. The number of nitrogens with one attached hydrogen (secondary N) is 1. The molecule has 1 N–H and O–H groups in total. The lowest BCUT2D eigenvalue weighted by molar-refractivity contribution is 0.624. The van der Waals surface area contributed by atoms with E-state index < -0.39 is 5.82 Å². The van der Waals surface area contributed by atoms with Gasteiger partial charge in [0.1, 0.15) is 5.15 Å². The van der Waals surface area contributed by atoms with Crippen LogP contribution >= 0.6 is 34.8 Å². The maximum absolute atomic E-state index is 13.5. The Bertz CT molecular complexity index is 583. The van der Waals surface area contributed by atoms with Gasteiger partial charge in [0.15, 0.2) is 11.6 Å². The minimum Gasteiger partial charge on any atom is -0.362 e. The van der Waals surface area contributed by atoms with Crippen LogP contribution in [-0.4, -0.2) is 9.55 Å². The summed E-state index contributed by atoms with van der Waals surface area (Å²) in [7, 11) is 1.77. The third-order valence-electron chi connectivity index (χ3n) is 2.46. The lowest BCUT2D eigenvalue weighted by Gasteiger charge is -2.08. The summed E-state index contributed by atoms with van der Waals surface area (Å²) in [5.74, 6) is -0.373. The van der Waals surface area contributed by atoms with E-state index in [-0.39, 0.29) is 10.8 Å². The van der Waals surface area contributed by atoms with Crippen molar-refractivity contribution in [2.24, 2.45) is 7.05 Å². The van der Waals surface area contributed by atoms with Crippen LogP contribution in [-0.2, 0) is 13.6 Å². The standard InChI is InChI=1S/C11H9Cl3FN3/c1-18-7(3-8(13)10(18)14)5-17-11-9(15)2-6(12)4-16-11/h2-4H,5H2,1H3,(H,16,17). The van der Waals surface area contributed by atoms with E-state index in [4.69, 9.17) is 34.8 Å². The van der Waals surface area contributed by atoms with E-state index in [1.165, 1.54) is 12.3 Å². The first-order valence-corrected chi connectivity index (χ1v) is 6.17. The molecule has 0 saturated heterocycles. The zero-order valence-corrected chi connectivity index (χ0v) is 11.6. The Morgan fingerprint density at radius 3 is 2.61 bits per heavy atom. The van der Waals surface area contributed by atoms with Crippen molar-refractivity contribution in [3.05, 3.63) is 45.0 Å². The lowest BCUT2D eigenvalue weighted by atomic mass is 10.4. The van der Waals surface area contributed by atoms with Gasteiger partial charge < -0.3 is 9.88 Å². The van der Waals surface area contributed by atoms with Crippen molar-refractivity contribution in [2.45, 2.75) is 6.54 Å². The van der Waals surface area contributed by atoms with Gasteiger partial charge in [-0.1, -0.05) is 34.8 Å². The quantitative estimate of drug-likeness (QED) is 0.924. The summed E-state index contributed by atoms with van der Waals surface area (Å²) < 4.78 is 15.2. The first kappa shape index (κ1) is 13.5. The average molecular weight is 309 g/mol. The molecule has 0 aliphatic rings. The van der Waals surface area contributed by atoms with Crippen LogP contribution < -0.4 is 5.32 Å². The van der Waals surface area contributed by atoms with Gasteiger partial charge in [-0.15, -0.1) is 0 Å². The molecule has 2 heterocycles. The van der Waals surface area contributed by atoms with Crippen molar-refractivity contribution >= 4 is 40.6 Å². The van der Waals surface area contributed by atoms with Gasteiger partial charge in [0.25, 0.3) is 0 Å². The molecule has 7 heteroatoms. The summed E-state index contributed by atoms with van der Waals surface area (Å²) in [6, 6.07) is 2.91. The Morgan fingerprint density at radius 1 is 1.33 bits per heavy atom. The van der Waals surface area contributed by atoms with Crippen molar-refractivity contribution in [3.8, 4) is 0 Å². The molecule has 0 saturated carbocycles. The summed E-state index contributed by atoms with van der Waals surface area (Å²) in [6.07, 6.45) is 1.37. The predicted octanol–water partition coefficient (Wildman–Crippen LogP) is 4.13.